The molecule has 0 aromatic heterocycles. The summed E-state index contributed by atoms with van der Waals surface area (Å²) < 4.78 is 19.4. The van der Waals surface area contributed by atoms with Gasteiger partial charge in [0.2, 0.25) is 0 Å². The predicted octanol–water partition coefficient (Wildman–Crippen LogP) is 5.17. The minimum Gasteiger partial charge on any atom is -0.489 e. The first-order chi connectivity index (χ1) is 13.6. The quantitative estimate of drug-likeness (QED) is 0.478. The van der Waals surface area contributed by atoms with Crippen molar-refractivity contribution < 1.29 is 19.0 Å². The van der Waals surface area contributed by atoms with E-state index in [0.29, 0.717) is 22.4 Å². The zero-order chi connectivity index (χ0) is 19.9. The number of halogens is 1. The Bertz CT molecular complexity index is 1070. The summed E-state index contributed by atoms with van der Waals surface area (Å²) in [6.45, 7) is 0.0988. The van der Waals surface area contributed by atoms with Gasteiger partial charge in [0.15, 0.2) is 0 Å². The van der Waals surface area contributed by atoms with Crippen molar-refractivity contribution in [2.24, 2.45) is 0 Å². The van der Waals surface area contributed by atoms with Crippen molar-refractivity contribution in [3.8, 4) is 11.8 Å². The third-order valence-corrected chi connectivity index (χ3v) is 4.08. The van der Waals surface area contributed by atoms with Gasteiger partial charge in [-0.2, -0.15) is 5.26 Å². The molecule has 0 heterocycles. The van der Waals surface area contributed by atoms with Gasteiger partial charge in [-0.1, -0.05) is 42.5 Å². The number of rotatable bonds is 6. The summed E-state index contributed by atoms with van der Waals surface area (Å²) in [7, 11) is 0. The van der Waals surface area contributed by atoms with Crippen LogP contribution in [0.4, 0.5) is 4.39 Å². The number of hydrogen-bond donors (Lipinski definition) is 1. The predicted molar refractivity (Wildman–Crippen MR) is 104 cm³/mol. The van der Waals surface area contributed by atoms with Crippen LogP contribution in [0.5, 0.6) is 5.75 Å². The fraction of sp³-hybridized carbons (Fsp3) is 0.0435. The molecule has 0 saturated heterocycles. The van der Waals surface area contributed by atoms with Crippen molar-refractivity contribution in [3.05, 3.63) is 101 Å². The highest BCUT2D eigenvalue weighted by Gasteiger charge is 2.06. The molecule has 1 N–H and O–H groups in total. The van der Waals surface area contributed by atoms with Crippen LogP contribution in [0, 0.1) is 17.1 Å². The van der Waals surface area contributed by atoms with E-state index in [-0.39, 0.29) is 18.0 Å². The first-order valence-electron chi connectivity index (χ1n) is 8.48. The Morgan fingerprint density at radius 2 is 1.75 bits per heavy atom. The van der Waals surface area contributed by atoms with Crippen LogP contribution in [0.2, 0.25) is 0 Å². The van der Waals surface area contributed by atoms with Crippen LogP contribution < -0.4 is 4.74 Å². The van der Waals surface area contributed by atoms with Gasteiger partial charge in [0.05, 0.1) is 17.2 Å². The Kier molecular flexibility index (Phi) is 5.83. The second-order valence-corrected chi connectivity index (χ2v) is 6.00. The maximum Gasteiger partial charge on any atom is 0.335 e. The summed E-state index contributed by atoms with van der Waals surface area (Å²) in [6, 6.07) is 21.7. The SMILES string of the molecule is N#CC(=Cc1cccc(OCc2ccccc2F)c1)c1ccc(C(=O)O)cc1. The zero-order valence-electron chi connectivity index (χ0n) is 14.8. The molecular formula is C23H16FNO3. The lowest BCUT2D eigenvalue weighted by Crippen LogP contribution is -1.98. The molecule has 138 valence electrons. The highest BCUT2D eigenvalue weighted by atomic mass is 19.1. The fourth-order valence-electron chi connectivity index (χ4n) is 2.61. The molecule has 0 amide bonds. The summed E-state index contributed by atoms with van der Waals surface area (Å²) in [5.74, 6) is -0.792. The molecule has 0 aliphatic carbocycles. The lowest BCUT2D eigenvalue weighted by Gasteiger charge is -2.08. The number of carbonyl (C=O) groups is 1. The van der Waals surface area contributed by atoms with Crippen LogP contribution in [-0.4, -0.2) is 11.1 Å². The van der Waals surface area contributed by atoms with Gasteiger partial charge < -0.3 is 9.84 Å². The van der Waals surface area contributed by atoms with Gasteiger partial charge in [0.25, 0.3) is 0 Å². The molecule has 0 atom stereocenters. The van der Waals surface area contributed by atoms with E-state index in [4.69, 9.17) is 9.84 Å². The highest BCUT2D eigenvalue weighted by molar-refractivity contribution is 5.92. The molecule has 0 spiro atoms. The van der Waals surface area contributed by atoms with Crippen molar-refractivity contribution in [1.29, 1.82) is 5.26 Å². The number of nitriles is 1. The summed E-state index contributed by atoms with van der Waals surface area (Å²) in [5, 5.41) is 18.4. The van der Waals surface area contributed by atoms with E-state index in [1.807, 2.05) is 6.07 Å². The molecule has 0 saturated carbocycles. The van der Waals surface area contributed by atoms with Crippen LogP contribution in [0.3, 0.4) is 0 Å². The van der Waals surface area contributed by atoms with E-state index in [2.05, 4.69) is 6.07 Å². The van der Waals surface area contributed by atoms with Crippen molar-refractivity contribution >= 4 is 17.6 Å². The topological polar surface area (TPSA) is 70.3 Å². The monoisotopic (exact) mass is 373 g/mol. The van der Waals surface area contributed by atoms with E-state index >= 15 is 0 Å². The number of nitrogens with zero attached hydrogens (tertiary/aromatic N) is 1. The first-order valence-corrected chi connectivity index (χ1v) is 8.48. The fourth-order valence-corrected chi connectivity index (χ4v) is 2.61. The molecule has 5 heteroatoms. The van der Waals surface area contributed by atoms with E-state index < -0.39 is 5.97 Å². The Morgan fingerprint density at radius 3 is 2.43 bits per heavy atom. The Hall–Kier alpha value is -3.91. The normalized spacial score (nSPS) is 10.9. The van der Waals surface area contributed by atoms with Gasteiger partial charge in [-0.15, -0.1) is 0 Å². The van der Waals surface area contributed by atoms with E-state index in [9.17, 15) is 14.4 Å². The molecule has 0 aliphatic rings. The third-order valence-electron chi connectivity index (χ3n) is 4.08. The lowest BCUT2D eigenvalue weighted by atomic mass is 10.0. The minimum absolute atomic E-state index is 0.0988. The highest BCUT2D eigenvalue weighted by Crippen LogP contribution is 2.22. The summed E-state index contributed by atoms with van der Waals surface area (Å²) in [4.78, 5) is 10.9. The minimum atomic E-state index is -1.02. The van der Waals surface area contributed by atoms with Crippen LogP contribution >= 0.6 is 0 Å². The van der Waals surface area contributed by atoms with E-state index in [1.165, 1.54) is 18.2 Å². The van der Waals surface area contributed by atoms with Crippen molar-refractivity contribution in [3.63, 3.8) is 0 Å². The standard InChI is InChI=1S/C23H16FNO3/c24-22-7-2-1-5-19(22)15-28-21-6-3-4-16(13-21)12-20(14-25)17-8-10-18(11-9-17)23(26)27/h1-13H,15H2,(H,26,27). The van der Waals surface area contributed by atoms with Gasteiger partial charge in [0, 0.05) is 5.56 Å². The van der Waals surface area contributed by atoms with Gasteiger partial charge in [0.1, 0.15) is 18.2 Å². The number of carboxylic acids is 1. The molecular weight excluding hydrogens is 357 g/mol. The zero-order valence-corrected chi connectivity index (χ0v) is 14.8. The summed E-state index contributed by atoms with van der Waals surface area (Å²) in [6.07, 6.45) is 1.69. The van der Waals surface area contributed by atoms with Crippen LogP contribution in [0.25, 0.3) is 11.6 Å². The van der Waals surface area contributed by atoms with Crippen LogP contribution in [0.15, 0.2) is 72.8 Å². The molecule has 0 fully saturated rings. The molecule has 3 aromatic rings. The average Bonchev–Trinajstić information content (AvgIpc) is 2.72. The van der Waals surface area contributed by atoms with Gasteiger partial charge >= 0.3 is 5.97 Å². The Balaban J connectivity index is 1.79. The lowest BCUT2D eigenvalue weighted by molar-refractivity contribution is 0.0697. The van der Waals surface area contributed by atoms with Gasteiger partial charge in [-0.05, 0) is 47.5 Å². The molecule has 0 radical (unpaired) electrons. The number of carboxylic acid groups (broad SMARTS) is 1. The van der Waals surface area contributed by atoms with Crippen molar-refractivity contribution in [2.45, 2.75) is 6.61 Å². The number of ether oxygens (including phenoxy) is 1. The smallest absolute Gasteiger partial charge is 0.335 e. The Labute approximate surface area is 161 Å². The van der Waals surface area contributed by atoms with Gasteiger partial charge in [-0.3, -0.25) is 0 Å². The van der Waals surface area contributed by atoms with E-state index in [1.54, 1.807) is 54.6 Å². The molecule has 3 rings (SSSR count). The molecule has 28 heavy (non-hydrogen) atoms. The summed E-state index contributed by atoms with van der Waals surface area (Å²) in [5.41, 5.74) is 2.36. The Morgan fingerprint density at radius 1 is 1.04 bits per heavy atom. The third kappa shape index (κ3) is 4.63. The number of allylic oxidation sites excluding steroid dienone is 1. The number of hydrogen-bond acceptors (Lipinski definition) is 3. The van der Waals surface area contributed by atoms with Crippen molar-refractivity contribution in [2.75, 3.05) is 0 Å². The maximum absolute atomic E-state index is 13.7. The molecule has 0 unspecified atom stereocenters. The van der Waals surface area contributed by atoms with Crippen molar-refractivity contribution in [1.82, 2.24) is 0 Å². The molecule has 0 aliphatic heterocycles. The second-order valence-electron chi connectivity index (χ2n) is 6.00. The average molecular weight is 373 g/mol. The van der Waals surface area contributed by atoms with Crippen LogP contribution in [-0.2, 0) is 6.61 Å². The molecule has 0 bridgehead atoms. The molecule has 4 nitrogen and oxygen atoms in total. The molecule has 3 aromatic carbocycles. The van der Waals surface area contributed by atoms with Gasteiger partial charge in [-0.25, -0.2) is 9.18 Å². The van der Waals surface area contributed by atoms with E-state index in [0.717, 1.165) is 5.56 Å². The number of aromatic carboxylic acids is 1. The number of benzene rings is 3. The largest absolute Gasteiger partial charge is 0.489 e. The summed E-state index contributed by atoms with van der Waals surface area (Å²) >= 11 is 0. The first kappa shape index (κ1) is 18.9. The maximum atomic E-state index is 13.7. The second kappa shape index (κ2) is 8.65. The van der Waals surface area contributed by atoms with Crippen LogP contribution in [0.1, 0.15) is 27.0 Å².